The van der Waals surface area contributed by atoms with Gasteiger partial charge in [-0.3, -0.25) is 9.48 Å². The van der Waals surface area contributed by atoms with Crippen LogP contribution in [-0.4, -0.2) is 32.3 Å². The molecule has 28 heavy (non-hydrogen) atoms. The van der Waals surface area contributed by atoms with E-state index in [4.69, 9.17) is 16.1 Å². The van der Waals surface area contributed by atoms with Gasteiger partial charge in [0.1, 0.15) is 11.5 Å². The molecule has 3 aromatic rings. The van der Waals surface area contributed by atoms with Crippen molar-refractivity contribution in [2.45, 2.75) is 31.7 Å². The summed E-state index contributed by atoms with van der Waals surface area (Å²) >= 11 is 6.35. The van der Waals surface area contributed by atoms with E-state index in [9.17, 15) is 9.18 Å². The maximum Gasteiger partial charge on any atom is 0.293 e. The summed E-state index contributed by atoms with van der Waals surface area (Å²) in [6, 6.07) is 7.56. The van der Waals surface area contributed by atoms with Crippen LogP contribution in [0, 0.1) is 5.82 Å². The molecule has 0 spiro atoms. The van der Waals surface area contributed by atoms with Crippen LogP contribution in [0.2, 0.25) is 5.02 Å². The lowest BCUT2D eigenvalue weighted by atomic mass is 10.1. The van der Waals surface area contributed by atoms with Gasteiger partial charge in [0, 0.05) is 25.2 Å². The molecule has 0 radical (unpaired) electrons. The highest BCUT2D eigenvalue weighted by molar-refractivity contribution is 6.31. The Bertz CT molecular complexity index is 980. The Labute approximate surface area is 166 Å². The number of likely N-dealkylation sites (tertiary alicyclic amines) is 1. The van der Waals surface area contributed by atoms with Gasteiger partial charge in [-0.15, -0.1) is 0 Å². The van der Waals surface area contributed by atoms with Crippen LogP contribution in [0.1, 0.15) is 48.0 Å². The highest BCUT2D eigenvalue weighted by Crippen LogP contribution is 2.35. The van der Waals surface area contributed by atoms with Crippen LogP contribution in [0.25, 0.3) is 11.3 Å². The van der Waals surface area contributed by atoms with Gasteiger partial charge in [-0.25, -0.2) is 4.39 Å². The highest BCUT2D eigenvalue weighted by atomic mass is 35.5. The van der Waals surface area contributed by atoms with Gasteiger partial charge in [-0.1, -0.05) is 41.7 Å². The molecule has 146 valence electrons. The van der Waals surface area contributed by atoms with Gasteiger partial charge >= 0.3 is 0 Å². The Kier molecular flexibility index (Phi) is 5.17. The number of benzene rings is 1. The summed E-state index contributed by atoms with van der Waals surface area (Å²) in [5.41, 5.74) is 1.41. The van der Waals surface area contributed by atoms with Crippen LogP contribution >= 0.6 is 11.6 Å². The minimum absolute atomic E-state index is 0.0865. The molecule has 1 fully saturated rings. The first-order chi connectivity index (χ1) is 13.6. The van der Waals surface area contributed by atoms with Crippen molar-refractivity contribution in [1.82, 2.24) is 19.8 Å². The summed E-state index contributed by atoms with van der Waals surface area (Å²) in [6.45, 7) is 0.584. The summed E-state index contributed by atoms with van der Waals surface area (Å²) in [6.07, 6.45) is 5.31. The topological polar surface area (TPSA) is 64.2 Å². The summed E-state index contributed by atoms with van der Waals surface area (Å²) in [7, 11) is 1.82. The van der Waals surface area contributed by atoms with E-state index in [1.807, 2.05) is 7.05 Å². The van der Waals surface area contributed by atoms with Gasteiger partial charge in [0.05, 0.1) is 23.0 Å². The second-order valence-electron chi connectivity index (χ2n) is 6.92. The van der Waals surface area contributed by atoms with Crippen LogP contribution in [0.3, 0.4) is 0 Å². The number of carbonyl (C=O) groups excluding carboxylic acids is 1. The largest absolute Gasteiger partial charge is 0.350 e. The number of nitrogens with zero attached hydrogens (tertiary/aromatic N) is 4. The Hall–Kier alpha value is -2.67. The normalized spacial score (nSPS) is 17.5. The van der Waals surface area contributed by atoms with Crippen LogP contribution in [0.15, 0.2) is 41.1 Å². The van der Waals surface area contributed by atoms with Crippen LogP contribution < -0.4 is 0 Å². The van der Waals surface area contributed by atoms with Crippen LogP contribution in [-0.2, 0) is 7.05 Å². The van der Waals surface area contributed by atoms with Gasteiger partial charge in [-0.05, 0) is 25.0 Å². The maximum absolute atomic E-state index is 14.0. The van der Waals surface area contributed by atoms with Crippen molar-refractivity contribution in [2.75, 3.05) is 6.54 Å². The van der Waals surface area contributed by atoms with Crippen LogP contribution in [0.4, 0.5) is 4.39 Å². The van der Waals surface area contributed by atoms with E-state index in [0.717, 1.165) is 31.4 Å². The van der Waals surface area contributed by atoms with E-state index < -0.39 is 5.82 Å². The van der Waals surface area contributed by atoms with Gasteiger partial charge in [0.2, 0.25) is 5.76 Å². The quantitative estimate of drug-likeness (QED) is 0.641. The molecule has 1 aromatic carbocycles. The van der Waals surface area contributed by atoms with E-state index in [2.05, 4.69) is 10.3 Å². The van der Waals surface area contributed by atoms with E-state index in [1.54, 1.807) is 34.0 Å². The van der Waals surface area contributed by atoms with Gasteiger partial charge < -0.3 is 9.42 Å². The summed E-state index contributed by atoms with van der Waals surface area (Å²) in [4.78, 5) is 15.0. The van der Waals surface area contributed by atoms with Crippen molar-refractivity contribution in [2.24, 2.45) is 7.05 Å². The van der Waals surface area contributed by atoms with E-state index in [-0.39, 0.29) is 17.7 Å². The predicted molar refractivity (Wildman–Crippen MR) is 102 cm³/mol. The van der Waals surface area contributed by atoms with Gasteiger partial charge in [-0.2, -0.15) is 5.10 Å². The third-order valence-corrected chi connectivity index (χ3v) is 5.43. The van der Waals surface area contributed by atoms with Crippen molar-refractivity contribution in [3.05, 3.63) is 58.8 Å². The number of halogens is 2. The fraction of sp³-hybridized carbons (Fsp3) is 0.350. The van der Waals surface area contributed by atoms with E-state index in [1.165, 1.54) is 12.1 Å². The van der Waals surface area contributed by atoms with Crippen molar-refractivity contribution in [1.29, 1.82) is 0 Å². The maximum atomic E-state index is 14.0. The SMILES string of the molecule is Cn1ncc(Cl)c1C1CCCCCN1C(=O)c1cc(-c2ccccc2F)no1. The van der Waals surface area contributed by atoms with Crippen molar-refractivity contribution >= 4 is 17.5 Å². The number of hydrogen-bond acceptors (Lipinski definition) is 4. The molecule has 1 unspecified atom stereocenters. The summed E-state index contributed by atoms with van der Waals surface area (Å²) < 4.78 is 21.0. The number of aryl methyl sites for hydroxylation is 1. The zero-order valence-electron chi connectivity index (χ0n) is 15.4. The Balaban J connectivity index is 1.66. The molecule has 0 saturated carbocycles. The molecule has 0 aliphatic carbocycles. The molecule has 6 nitrogen and oxygen atoms in total. The molecule has 1 atom stereocenters. The van der Waals surface area contributed by atoms with Crippen molar-refractivity contribution in [3.63, 3.8) is 0 Å². The molecular weight excluding hydrogens is 383 g/mol. The highest BCUT2D eigenvalue weighted by Gasteiger charge is 2.33. The molecule has 4 rings (SSSR count). The number of amides is 1. The number of aromatic nitrogens is 3. The molecule has 1 aliphatic heterocycles. The number of rotatable bonds is 3. The zero-order valence-corrected chi connectivity index (χ0v) is 16.2. The van der Waals surface area contributed by atoms with Crippen LogP contribution in [0.5, 0.6) is 0 Å². The first kappa shape index (κ1) is 18.7. The first-order valence-corrected chi connectivity index (χ1v) is 9.64. The minimum Gasteiger partial charge on any atom is -0.350 e. The van der Waals surface area contributed by atoms with Crippen molar-refractivity contribution in [3.8, 4) is 11.3 Å². The number of carbonyl (C=O) groups is 1. The molecule has 1 amide bonds. The molecule has 1 saturated heterocycles. The first-order valence-electron chi connectivity index (χ1n) is 9.26. The second kappa shape index (κ2) is 7.75. The smallest absolute Gasteiger partial charge is 0.293 e. The third kappa shape index (κ3) is 3.42. The zero-order chi connectivity index (χ0) is 19.7. The standard InChI is InChI=1S/C20H20ClFN4O2/c1-25-19(14(21)12-23-25)17-9-3-2-6-10-26(17)20(27)18-11-16(24-28-18)13-7-4-5-8-15(13)22/h4-5,7-8,11-12,17H,2-3,6,9-10H2,1H3. The minimum atomic E-state index is -0.413. The average molecular weight is 403 g/mol. The molecule has 8 heteroatoms. The Morgan fingerprint density at radius 3 is 2.86 bits per heavy atom. The van der Waals surface area contributed by atoms with E-state index in [0.29, 0.717) is 22.8 Å². The monoisotopic (exact) mass is 402 g/mol. The Morgan fingerprint density at radius 1 is 1.29 bits per heavy atom. The summed E-state index contributed by atoms with van der Waals surface area (Å²) in [5, 5.41) is 8.65. The van der Waals surface area contributed by atoms with E-state index >= 15 is 0 Å². The second-order valence-corrected chi connectivity index (χ2v) is 7.33. The lowest BCUT2D eigenvalue weighted by Crippen LogP contribution is -2.35. The average Bonchev–Trinajstić information content (AvgIpc) is 3.22. The fourth-order valence-electron chi connectivity index (χ4n) is 3.74. The molecule has 3 heterocycles. The molecule has 2 aromatic heterocycles. The molecular formula is C20H20ClFN4O2. The van der Waals surface area contributed by atoms with Gasteiger partial charge in [0.15, 0.2) is 0 Å². The predicted octanol–water partition coefficient (Wildman–Crippen LogP) is 4.63. The molecule has 0 N–H and O–H groups in total. The lowest BCUT2D eigenvalue weighted by Gasteiger charge is -2.29. The molecule has 1 aliphatic rings. The lowest BCUT2D eigenvalue weighted by molar-refractivity contribution is 0.0631. The van der Waals surface area contributed by atoms with Crippen molar-refractivity contribution < 1.29 is 13.7 Å². The number of hydrogen-bond donors (Lipinski definition) is 0. The Morgan fingerprint density at radius 2 is 2.11 bits per heavy atom. The fourth-order valence-corrected chi connectivity index (χ4v) is 4.04. The van der Waals surface area contributed by atoms with Gasteiger partial charge in [0.25, 0.3) is 5.91 Å². The summed E-state index contributed by atoms with van der Waals surface area (Å²) in [5.74, 6) is -0.605. The third-order valence-electron chi connectivity index (χ3n) is 5.14. The molecule has 0 bridgehead atoms.